The van der Waals surface area contributed by atoms with Crippen LogP contribution >= 0.6 is 22.6 Å². The van der Waals surface area contributed by atoms with Crippen molar-refractivity contribution >= 4 is 34.4 Å². The lowest BCUT2D eigenvalue weighted by molar-refractivity contribution is -0.390. The van der Waals surface area contributed by atoms with Crippen LogP contribution in [0.4, 0.5) is 14.6 Å². The molecule has 0 atom stereocenters. The molecule has 1 heterocycles. The predicted octanol–water partition coefficient (Wildman–Crippen LogP) is 2.16. The van der Waals surface area contributed by atoms with Gasteiger partial charge in [0.2, 0.25) is 5.69 Å². The number of aromatic nitrogens is 1. The summed E-state index contributed by atoms with van der Waals surface area (Å²) in [4.78, 5) is 23.3. The van der Waals surface area contributed by atoms with Gasteiger partial charge in [-0.15, -0.1) is 0 Å². The zero-order chi connectivity index (χ0) is 13.2. The van der Waals surface area contributed by atoms with Crippen LogP contribution in [0.25, 0.3) is 0 Å². The van der Waals surface area contributed by atoms with Gasteiger partial charge in [0.15, 0.2) is 0 Å². The Morgan fingerprint density at radius 1 is 1.65 bits per heavy atom. The largest absolute Gasteiger partial charge is 0.481 e. The topological polar surface area (TPSA) is 93.3 Å². The Balaban J connectivity index is 3.38. The van der Waals surface area contributed by atoms with Crippen molar-refractivity contribution in [3.63, 3.8) is 0 Å². The van der Waals surface area contributed by atoms with E-state index in [9.17, 15) is 23.7 Å². The van der Waals surface area contributed by atoms with Crippen LogP contribution in [0.3, 0.4) is 0 Å². The number of carbonyl (C=O) groups is 1. The molecule has 0 aliphatic heterocycles. The molecule has 1 aromatic heterocycles. The van der Waals surface area contributed by atoms with Crippen LogP contribution < -0.4 is 0 Å². The first-order valence-electron chi connectivity index (χ1n) is 4.16. The van der Waals surface area contributed by atoms with E-state index < -0.39 is 35.3 Å². The van der Waals surface area contributed by atoms with Gasteiger partial charge < -0.3 is 15.2 Å². The number of carboxylic acids is 1. The number of nitro groups is 1. The molecular weight excluding hydrogens is 353 g/mol. The second-order valence-electron chi connectivity index (χ2n) is 2.96. The second-order valence-corrected chi connectivity index (χ2v) is 4.12. The lowest BCUT2D eigenvalue weighted by atomic mass is 10.1. The Labute approximate surface area is 107 Å². The molecule has 92 valence electrons. The molecule has 0 aliphatic carbocycles. The van der Waals surface area contributed by atoms with E-state index in [2.05, 4.69) is 4.98 Å². The summed E-state index contributed by atoms with van der Waals surface area (Å²) in [5.74, 6) is -2.13. The third-order valence-electron chi connectivity index (χ3n) is 1.79. The highest BCUT2D eigenvalue weighted by molar-refractivity contribution is 14.1. The first-order valence-corrected chi connectivity index (χ1v) is 5.24. The molecule has 0 spiro atoms. The van der Waals surface area contributed by atoms with Crippen molar-refractivity contribution in [2.24, 2.45) is 0 Å². The van der Waals surface area contributed by atoms with Crippen molar-refractivity contribution in [3.8, 4) is 0 Å². The Morgan fingerprint density at radius 2 is 2.24 bits per heavy atom. The molecule has 0 bridgehead atoms. The number of aliphatic carboxylic acids is 1. The first-order chi connectivity index (χ1) is 7.82. The number of carboxylic acid groups (broad SMARTS) is 1. The average Bonchev–Trinajstić information content (AvgIpc) is 2.19. The van der Waals surface area contributed by atoms with Gasteiger partial charge in [-0.05, 0) is 32.5 Å². The molecule has 9 heteroatoms. The third kappa shape index (κ3) is 3.28. The summed E-state index contributed by atoms with van der Waals surface area (Å²) in [6.45, 7) is 0. The minimum Gasteiger partial charge on any atom is -0.481 e. The van der Waals surface area contributed by atoms with Crippen LogP contribution in [0.1, 0.15) is 17.7 Å². The maximum Gasteiger partial charge on any atom is 0.368 e. The van der Waals surface area contributed by atoms with Crippen LogP contribution in [0, 0.1) is 13.7 Å². The number of hydrogen-bond donors (Lipinski definition) is 1. The molecular formula is C8H5F2IN2O4. The Morgan fingerprint density at radius 3 is 2.65 bits per heavy atom. The summed E-state index contributed by atoms with van der Waals surface area (Å²) < 4.78 is 24.8. The maximum atomic E-state index is 12.4. The monoisotopic (exact) mass is 358 g/mol. The van der Waals surface area contributed by atoms with Crippen LogP contribution in [-0.2, 0) is 11.2 Å². The minimum absolute atomic E-state index is 0.0852. The molecule has 0 radical (unpaired) electrons. The summed E-state index contributed by atoms with van der Waals surface area (Å²) in [5, 5.41) is 19.2. The van der Waals surface area contributed by atoms with Crippen LogP contribution in [0.2, 0.25) is 0 Å². The molecule has 0 aliphatic rings. The quantitative estimate of drug-likeness (QED) is 0.506. The second kappa shape index (κ2) is 5.29. The van der Waals surface area contributed by atoms with Gasteiger partial charge in [-0.25, -0.2) is 8.78 Å². The molecule has 1 aromatic rings. The van der Waals surface area contributed by atoms with Crippen LogP contribution in [0.5, 0.6) is 0 Å². The number of pyridine rings is 1. The number of alkyl halides is 2. The van der Waals surface area contributed by atoms with Gasteiger partial charge in [0.05, 0.1) is 12.0 Å². The molecule has 1 N–H and O–H groups in total. The third-order valence-corrected chi connectivity index (χ3v) is 2.75. The van der Waals surface area contributed by atoms with Crippen LogP contribution in [-0.4, -0.2) is 21.0 Å². The summed E-state index contributed by atoms with van der Waals surface area (Å²) in [7, 11) is 0. The van der Waals surface area contributed by atoms with E-state index in [1.807, 2.05) is 0 Å². The van der Waals surface area contributed by atoms with Gasteiger partial charge in [-0.2, -0.15) is 0 Å². The molecule has 0 fully saturated rings. The van der Waals surface area contributed by atoms with E-state index in [0.29, 0.717) is 0 Å². The highest BCUT2D eigenvalue weighted by Crippen LogP contribution is 2.27. The Bertz CT molecular complexity index is 481. The summed E-state index contributed by atoms with van der Waals surface area (Å²) in [6, 6.07) is 0.941. The van der Waals surface area contributed by atoms with E-state index in [1.165, 1.54) is 0 Å². The van der Waals surface area contributed by atoms with Crippen molar-refractivity contribution in [3.05, 3.63) is 31.0 Å². The summed E-state index contributed by atoms with van der Waals surface area (Å²) >= 11 is 1.57. The van der Waals surface area contributed by atoms with Crippen molar-refractivity contribution in [1.82, 2.24) is 4.98 Å². The van der Waals surface area contributed by atoms with E-state index in [4.69, 9.17) is 5.11 Å². The lowest BCUT2D eigenvalue weighted by Gasteiger charge is -2.04. The molecule has 0 saturated heterocycles. The normalized spacial score (nSPS) is 10.6. The zero-order valence-corrected chi connectivity index (χ0v) is 10.2. The van der Waals surface area contributed by atoms with E-state index in [-0.39, 0.29) is 9.13 Å². The van der Waals surface area contributed by atoms with Crippen molar-refractivity contribution in [2.75, 3.05) is 0 Å². The summed E-state index contributed by atoms with van der Waals surface area (Å²) in [6.07, 6.45) is -3.58. The SMILES string of the molecule is O=C(O)Cc1c(I)cc(C(F)F)nc1[N+](=O)[O-]. The van der Waals surface area contributed by atoms with Gasteiger partial charge in [-0.3, -0.25) is 4.79 Å². The van der Waals surface area contributed by atoms with Crippen LogP contribution in [0.15, 0.2) is 6.07 Å². The maximum absolute atomic E-state index is 12.4. The highest BCUT2D eigenvalue weighted by atomic mass is 127. The molecule has 17 heavy (non-hydrogen) atoms. The molecule has 0 unspecified atom stereocenters. The zero-order valence-electron chi connectivity index (χ0n) is 8.06. The molecule has 6 nitrogen and oxygen atoms in total. The van der Waals surface area contributed by atoms with E-state index >= 15 is 0 Å². The fourth-order valence-corrected chi connectivity index (χ4v) is 1.87. The summed E-state index contributed by atoms with van der Waals surface area (Å²) in [5.41, 5.74) is -0.914. The number of rotatable bonds is 4. The molecule has 0 saturated carbocycles. The highest BCUT2D eigenvalue weighted by Gasteiger charge is 2.26. The van der Waals surface area contributed by atoms with Gasteiger partial charge in [0.25, 0.3) is 0 Å². The fourth-order valence-electron chi connectivity index (χ4n) is 1.12. The van der Waals surface area contributed by atoms with Crippen molar-refractivity contribution < 1.29 is 23.6 Å². The Kier molecular flexibility index (Phi) is 4.26. The van der Waals surface area contributed by atoms with Gasteiger partial charge >= 0.3 is 18.2 Å². The molecule has 0 aromatic carbocycles. The predicted molar refractivity (Wildman–Crippen MR) is 59.9 cm³/mol. The molecule has 1 rings (SSSR count). The first kappa shape index (κ1) is 13.7. The van der Waals surface area contributed by atoms with Gasteiger partial charge in [-0.1, -0.05) is 0 Å². The molecule has 0 amide bonds. The van der Waals surface area contributed by atoms with Crippen molar-refractivity contribution in [1.29, 1.82) is 0 Å². The van der Waals surface area contributed by atoms with E-state index in [1.54, 1.807) is 22.6 Å². The number of halogens is 3. The average molecular weight is 358 g/mol. The van der Waals surface area contributed by atoms with Gasteiger partial charge in [0.1, 0.15) is 0 Å². The minimum atomic E-state index is -2.94. The number of hydrogen-bond acceptors (Lipinski definition) is 4. The standard InChI is InChI=1S/C8H5F2IN2O4/c9-7(10)5-2-4(11)3(1-6(14)15)8(12-5)13(16)17/h2,7H,1H2,(H,14,15). The van der Waals surface area contributed by atoms with E-state index in [0.717, 1.165) is 6.07 Å². The Hall–Kier alpha value is -1.39. The lowest BCUT2D eigenvalue weighted by Crippen LogP contribution is -2.09. The number of nitrogens with zero attached hydrogens (tertiary/aromatic N) is 2. The van der Waals surface area contributed by atoms with Crippen molar-refractivity contribution in [2.45, 2.75) is 12.8 Å². The fraction of sp³-hybridized carbons (Fsp3) is 0.250. The van der Waals surface area contributed by atoms with Gasteiger partial charge in [0, 0.05) is 9.64 Å². The smallest absolute Gasteiger partial charge is 0.368 e.